The number of aryl methyl sites for hydroxylation is 1. The van der Waals surface area contributed by atoms with E-state index < -0.39 is 41.5 Å². The second kappa shape index (κ2) is 16.3. The SMILES string of the molecule is C.C=C.CC1CC2CCCN(C2)C1NC(=O)Cn1cccc(NC(=O)C(CCC(=O)C(N)=O)NC(=O)c2ccnn2C)c1=O. The Hall–Kier alpha value is -4.59. The van der Waals surface area contributed by atoms with Crippen molar-refractivity contribution in [2.24, 2.45) is 24.6 Å². The molecule has 0 radical (unpaired) electrons. The third-order valence-corrected chi connectivity index (χ3v) is 7.70. The second-order valence-corrected chi connectivity index (χ2v) is 10.8. The molecule has 4 rings (SSSR count). The molecule has 0 spiro atoms. The van der Waals surface area contributed by atoms with E-state index in [-0.39, 0.29) is 43.8 Å². The van der Waals surface area contributed by atoms with Gasteiger partial charge in [0.15, 0.2) is 0 Å². The maximum absolute atomic E-state index is 13.2. The van der Waals surface area contributed by atoms with Gasteiger partial charge < -0.3 is 26.3 Å². The van der Waals surface area contributed by atoms with Gasteiger partial charge in [-0.3, -0.25) is 38.3 Å². The molecule has 14 nitrogen and oxygen atoms in total. The lowest BCUT2D eigenvalue weighted by Gasteiger charge is -2.47. The van der Waals surface area contributed by atoms with Crippen LogP contribution < -0.4 is 27.2 Å². The number of hydrogen-bond acceptors (Lipinski definition) is 8. The van der Waals surface area contributed by atoms with Gasteiger partial charge in [-0.2, -0.15) is 5.10 Å². The molecule has 4 amide bonds. The smallest absolute Gasteiger partial charge is 0.284 e. The summed E-state index contributed by atoms with van der Waals surface area (Å²) in [6, 6.07) is 3.05. The van der Waals surface area contributed by atoms with Crippen molar-refractivity contribution >= 4 is 35.1 Å². The van der Waals surface area contributed by atoms with Crippen LogP contribution in [-0.2, 0) is 32.8 Å². The summed E-state index contributed by atoms with van der Waals surface area (Å²) in [6.07, 6.45) is 5.49. The van der Waals surface area contributed by atoms with E-state index in [1.165, 1.54) is 46.3 Å². The lowest BCUT2D eigenvalue weighted by Crippen LogP contribution is -2.59. The fourth-order valence-electron chi connectivity index (χ4n) is 5.63. The minimum Gasteiger partial charge on any atom is -0.363 e. The summed E-state index contributed by atoms with van der Waals surface area (Å²) in [6.45, 7) is 9.77. The van der Waals surface area contributed by atoms with Crippen LogP contribution in [0.15, 0.2) is 48.5 Å². The van der Waals surface area contributed by atoms with Gasteiger partial charge in [-0.15, -0.1) is 13.2 Å². The van der Waals surface area contributed by atoms with Crippen molar-refractivity contribution in [2.75, 3.05) is 18.4 Å². The third kappa shape index (κ3) is 8.96. The van der Waals surface area contributed by atoms with Crippen molar-refractivity contribution in [2.45, 2.75) is 65.2 Å². The number of nitrogens with zero attached hydrogens (tertiary/aromatic N) is 4. The summed E-state index contributed by atoms with van der Waals surface area (Å²) in [7, 11) is 1.54. The molecule has 2 aliphatic heterocycles. The molecule has 2 aromatic heterocycles. The first-order chi connectivity index (χ1) is 20.5. The molecule has 2 fully saturated rings. The summed E-state index contributed by atoms with van der Waals surface area (Å²) >= 11 is 0. The van der Waals surface area contributed by atoms with E-state index in [0.717, 1.165) is 25.9 Å². The van der Waals surface area contributed by atoms with Crippen LogP contribution in [0.5, 0.6) is 0 Å². The molecule has 14 heteroatoms. The summed E-state index contributed by atoms with van der Waals surface area (Å²) in [5, 5.41) is 12.0. The Morgan fingerprint density at radius 3 is 2.57 bits per heavy atom. The molecular weight excluding hydrogens is 568 g/mol. The zero-order chi connectivity index (χ0) is 31.7. The monoisotopic (exact) mass is 612 g/mol. The minimum absolute atomic E-state index is 0. The minimum atomic E-state index is -1.28. The molecule has 2 saturated heterocycles. The van der Waals surface area contributed by atoms with Crippen LogP contribution in [-0.4, -0.2) is 74.0 Å². The average Bonchev–Trinajstić information content (AvgIpc) is 3.42. The number of rotatable bonds is 11. The Balaban J connectivity index is 0.00000220. The van der Waals surface area contributed by atoms with Gasteiger partial charge in [0.2, 0.25) is 17.6 Å². The number of Topliss-reactive ketones (excluding diaryl/α,β-unsaturated/α-hetero) is 1. The molecule has 5 N–H and O–H groups in total. The second-order valence-electron chi connectivity index (χ2n) is 10.8. The standard InChI is InChI=1S/C27H36N8O6.C2H4.CH4/c1-16-13-17-5-3-11-34(14-17)24(16)32-22(37)15-35-12-4-6-19(27(35)41)31-25(39)18(7-8-21(36)23(28)38)30-26(40)20-9-10-29-33(20)2;1-2;/h4,6,9-10,12,16-18,24H,3,5,7-8,11,13-15H2,1-2H3,(H2,28,38)(H,30,40)(H,31,39)(H,32,37);1-2H2;1H4. The number of pyridine rings is 1. The van der Waals surface area contributed by atoms with Crippen LogP contribution in [0.25, 0.3) is 0 Å². The number of aromatic nitrogens is 3. The summed E-state index contributed by atoms with van der Waals surface area (Å²) in [4.78, 5) is 77.2. The fraction of sp³-hybridized carbons (Fsp3) is 0.500. The molecular formula is C30H44N8O6. The molecule has 2 bridgehead atoms. The molecule has 0 aliphatic carbocycles. The molecule has 240 valence electrons. The number of nitrogens with two attached hydrogens (primary N) is 1. The average molecular weight is 613 g/mol. The lowest BCUT2D eigenvalue weighted by molar-refractivity contribution is -0.136. The van der Waals surface area contributed by atoms with Gasteiger partial charge in [0.25, 0.3) is 17.4 Å². The van der Waals surface area contributed by atoms with Crippen LogP contribution in [0.3, 0.4) is 0 Å². The van der Waals surface area contributed by atoms with Crippen molar-refractivity contribution in [3.63, 3.8) is 0 Å². The van der Waals surface area contributed by atoms with Crippen molar-refractivity contribution < 1.29 is 24.0 Å². The first kappa shape index (κ1) is 35.6. The molecule has 44 heavy (non-hydrogen) atoms. The number of piperidine rings is 2. The van der Waals surface area contributed by atoms with Crippen LogP contribution in [0.1, 0.15) is 56.9 Å². The quantitative estimate of drug-likeness (QED) is 0.211. The van der Waals surface area contributed by atoms with Crippen LogP contribution in [0.4, 0.5) is 5.69 Å². The third-order valence-electron chi connectivity index (χ3n) is 7.70. The number of primary amides is 1. The molecule has 5 atom stereocenters. The molecule has 0 aromatic carbocycles. The molecule has 4 heterocycles. The largest absolute Gasteiger partial charge is 0.363 e. The highest BCUT2D eigenvalue weighted by atomic mass is 16.2. The Labute approximate surface area is 257 Å². The predicted octanol–water partition coefficient (Wildman–Crippen LogP) is 0.786. The van der Waals surface area contributed by atoms with E-state index in [2.05, 4.69) is 46.0 Å². The zero-order valence-corrected chi connectivity index (χ0v) is 24.6. The highest BCUT2D eigenvalue weighted by Crippen LogP contribution is 2.32. The number of anilines is 1. The van der Waals surface area contributed by atoms with Crippen LogP contribution >= 0.6 is 0 Å². The normalized spacial score (nSPS) is 20.9. The maximum atomic E-state index is 13.2. The summed E-state index contributed by atoms with van der Waals surface area (Å²) in [5.41, 5.74) is 4.45. The predicted molar refractivity (Wildman–Crippen MR) is 165 cm³/mol. The maximum Gasteiger partial charge on any atom is 0.284 e. The Morgan fingerprint density at radius 1 is 1.18 bits per heavy atom. The lowest BCUT2D eigenvalue weighted by atomic mass is 9.82. The van der Waals surface area contributed by atoms with Gasteiger partial charge in [-0.25, -0.2) is 0 Å². The van der Waals surface area contributed by atoms with Gasteiger partial charge in [0, 0.05) is 39.0 Å². The topological polar surface area (TPSA) is 191 Å². The molecule has 5 unspecified atom stereocenters. The number of carbonyl (C=O) groups is 5. The van der Waals surface area contributed by atoms with Crippen molar-refractivity contribution in [1.29, 1.82) is 0 Å². The van der Waals surface area contributed by atoms with Crippen LogP contribution in [0.2, 0.25) is 0 Å². The van der Waals surface area contributed by atoms with Gasteiger partial charge in [-0.1, -0.05) is 14.4 Å². The highest BCUT2D eigenvalue weighted by molar-refractivity contribution is 6.35. The van der Waals surface area contributed by atoms with Crippen molar-refractivity contribution in [3.8, 4) is 0 Å². The van der Waals surface area contributed by atoms with E-state index >= 15 is 0 Å². The number of fused-ring (bicyclic) bond motifs is 2. The highest BCUT2D eigenvalue weighted by Gasteiger charge is 2.36. The number of ketones is 1. The number of nitrogens with one attached hydrogen (secondary N) is 3. The van der Waals surface area contributed by atoms with Gasteiger partial charge in [-0.05, 0) is 55.7 Å². The zero-order valence-electron chi connectivity index (χ0n) is 24.6. The van der Waals surface area contributed by atoms with Gasteiger partial charge in [0.05, 0.1) is 6.17 Å². The number of carbonyl (C=O) groups excluding carboxylic acids is 5. The Kier molecular flexibility index (Phi) is 13.2. The number of amides is 4. The van der Waals surface area contributed by atoms with Gasteiger partial charge >= 0.3 is 0 Å². The van der Waals surface area contributed by atoms with Crippen molar-refractivity contribution in [3.05, 3.63) is 59.8 Å². The molecule has 0 saturated carbocycles. The summed E-state index contributed by atoms with van der Waals surface area (Å²) in [5.74, 6) is -2.86. The molecule has 2 aliphatic rings. The van der Waals surface area contributed by atoms with Crippen LogP contribution in [0, 0.1) is 11.8 Å². The fourth-order valence-corrected chi connectivity index (χ4v) is 5.63. The van der Waals surface area contributed by atoms with E-state index in [0.29, 0.717) is 11.8 Å². The van der Waals surface area contributed by atoms with E-state index in [1.54, 1.807) is 7.05 Å². The van der Waals surface area contributed by atoms with Crippen molar-refractivity contribution in [1.82, 2.24) is 29.9 Å². The van der Waals surface area contributed by atoms with E-state index in [1.807, 2.05) is 0 Å². The summed E-state index contributed by atoms with van der Waals surface area (Å²) < 4.78 is 2.49. The molecule has 2 aromatic rings. The number of hydrogen-bond donors (Lipinski definition) is 4. The van der Waals surface area contributed by atoms with E-state index in [9.17, 15) is 28.8 Å². The van der Waals surface area contributed by atoms with E-state index in [4.69, 9.17) is 5.73 Å². The first-order valence-electron chi connectivity index (χ1n) is 14.2. The Morgan fingerprint density at radius 2 is 1.91 bits per heavy atom. The van der Waals surface area contributed by atoms with Gasteiger partial charge in [0.1, 0.15) is 24.0 Å². The first-order valence-corrected chi connectivity index (χ1v) is 14.2. The Bertz CT molecular complexity index is 1400.